The first-order chi connectivity index (χ1) is 26.8. The molecule has 256 valence electrons. The van der Waals surface area contributed by atoms with Crippen LogP contribution >= 0.6 is 0 Å². The number of amidine groups is 1. The molecule has 2 unspecified atom stereocenters. The highest BCUT2D eigenvalue weighted by Gasteiger charge is 2.27. The number of rotatable bonds is 6. The van der Waals surface area contributed by atoms with Crippen molar-refractivity contribution in [2.75, 3.05) is 0 Å². The van der Waals surface area contributed by atoms with Crippen molar-refractivity contribution in [1.29, 1.82) is 0 Å². The summed E-state index contributed by atoms with van der Waals surface area (Å²) in [6.07, 6.45) is -0.399. The maximum Gasteiger partial charge on any atom is 0.131 e. The Morgan fingerprint density at radius 2 is 0.815 bits per heavy atom. The number of hydrogen-bond donors (Lipinski definition) is 2. The molecule has 1 heterocycles. The van der Waals surface area contributed by atoms with Crippen molar-refractivity contribution in [3.8, 4) is 33.4 Å². The third-order valence-electron chi connectivity index (χ3n) is 10.8. The number of aliphatic imine (C=N–C) groups is 1. The van der Waals surface area contributed by atoms with E-state index in [1.807, 2.05) is 6.07 Å². The minimum atomic E-state index is -0.210. The number of nitrogens with one attached hydrogen (secondary N) is 2. The summed E-state index contributed by atoms with van der Waals surface area (Å²) in [6.45, 7) is 0. The van der Waals surface area contributed by atoms with Gasteiger partial charge in [0.1, 0.15) is 18.2 Å². The van der Waals surface area contributed by atoms with Crippen LogP contribution in [0, 0.1) is 0 Å². The highest BCUT2D eigenvalue weighted by Crippen LogP contribution is 2.43. The molecular weight excluding hydrogens is 655 g/mol. The largest absolute Gasteiger partial charge is 0.350 e. The Balaban J connectivity index is 1.10. The molecule has 3 heteroatoms. The summed E-state index contributed by atoms with van der Waals surface area (Å²) >= 11 is 0. The summed E-state index contributed by atoms with van der Waals surface area (Å²) in [4.78, 5) is 5.16. The fourth-order valence-electron chi connectivity index (χ4n) is 8.26. The normalized spacial score (nSPS) is 15.6. The zero-order valence-electron chi connectivity index (χ0n) is 29.7. The Morgan fingerprint density at radius 3 is 1.46 bits per heavy atom. The van der Waals surface area contributed by atoms with Gasteiger partial charge in [-0.25, -0.2) is 4.99 Å². The SMILES string of the molecule is c1ccc(C2=NC(c3ccccc3)NC(c3ccccc3-c3ccccc3-c3ccccc3-c3ccc4c5ccccc5c5ccccc5c4c3)N2)cc1. The van der Waals surface area contributed by atoms with Gasteiger partial charge in [-0.05, 0) is 82.9 Å². The molecule has 9 aromatic carbocycles. The molecule has 54 heavy (non-hydrogen) atoms. The second-order valence-electron chi connectivity index (χ2n) is 13.9. The molecule has 0 saturated heterocycles. The van der Waals surface area contributed by atoms with E-state index in [9.17, 15) is 0 Å². The third kappa shape index (κ3) is 5.63. The Labute approximate surface area is 315 Å². The van der Waals surface area contributed by atoms with Crippen LogP contribution in [0.3, 0.4) is 0 Å². The van der Waals surface area contributed by atoms with Gasteiger partial charge in [-0.15, -0.1) is 0 Å². The summed E-state index contributed by atoms with van der Waals surface area (Å²) in [6, 6.07) is 71.9. The van der Waals surface area contributed by atoms with E-state index in [-0.39, 0.29) is 12.3 Å². The molecule has 0 spiro atoms. The standard InChI is InChI=1S/C51H37N3/c1-3-17-34(18-4-1)49-52-50(35-19-5-2-6-20-35)54-51(53-49)47-30-16-15-28-44(47)41-25-11-9-23-39(41)38-22-8-7-21-37(38)36-31-32-46-43-27-12-10-24-40(43)42-26-13-14-29-45(42)48(46)33-36/h1-33,49,51,53H,(H,52,54). The van der Waals surface area contributed by atoms with Crippen molar-refractivity contribution in [1.82, 2.24) is 10.6 Å². The van der Waals surface area contributed by atoms with E-state index in [0.717, 1.165) is 22.5 Å². The van der Waals surface area contributed by atoms with Crippen LogP contribution in [0.25, 0.3) is 65.7 Å². The van der Waals surface area contributed by atoms with Gasteiger partial charge < -0.3 is 5.32 Å². The van der Waals surface area contributed by atoms with Crippen LogP contribution in [-0.2, 0) is 0 Å². The summed E-state index contributed by atoms with van der Waals surface area (Å²) in [5.41, 5.74) is 10.5. The Morgan fingerprint density at radius 1 is 0.352 bits per heavy atom. The van der Waals surface area contributed by atoms with Gasteiger partial charge in [0.05, 0.1) is 0 Å². The molecule has 10 rings (SSSR count). The summed E-state index contributed by atoms with van der Waals surface area (Å²) in [5.74, 6) is 0.873. The first-order valence-electron chi connectivity index (χ1n) is 18.6. The van der Waals surface area contributed by atoms with Gasteiger partial charge >= 0.3 is 0 Å². The van der Waals surface area contributed by atoms with E-state index in [1.54, 1.807) is 0 Å². The maximum atomic E-state index is 5.16. The van der Waals surface area contributed by atoms with Crippen molar-refractivity contribution < 1.29 is 0 Å². The highest BCUT2D eigenvalue weighted by molar-refractivity contribution is 6.25. The quantitative estimate of drug-likeness (QED) is 0.170. The Bertz CT molecular complexity index is 2810. The second kappa shape index (κ2) is 13.6. The van der Waals surface area contributed by atoms with Gasteiger partial charge in [0, 0.05) is 5.56 Å². The van der Waals surface area contributed by atoms with E-state index in [1.165, 1.54) is 65.7 Å². The van der Waals surface area contributed by atoms with Gasteiger partial charge in [0.2, 0.25) is 0 Å². The van der Waals surface area contributed by atoms with E-state index in [2.05, 4.69) is 205 Å². The zero-order chi connectivity index (χ0) is 35.8. The van der Waals surface area contributed by atoms with Gasteiger partial charge in [0.25, 0.3) is 0 Å². The Hall–Kier alpha value is -6.81. The lowest BCUT2D eigenvalue weighted by molar-refractivity contribution is 0.409. The number of hydrogen-bond acceptors (Lipinski definition) is 3. The van der Waals surface area contributed by atoms with Crippen LogP contribution in [-0.4, -0.2) is 5.84 Å². The van der Waals surface area contributed by atoms with Crippen LogP contribution in [0.2, 0.25) is 0 Å². The molecule has 0 bridgehead atoms. The first kappa shape index (κ1) is 31.9. The average molecular weight is 692 g/mol. The lowest BCUT2D eigenvalue weighted by atomic mass is 9.86. The van der Waals surface area contributed by atoms with Crippen molar-refractivity contribution in [3.63, 3.8) is 0 Å². The predicted octanol–water partition coefficient (Wildman–Crippen LogP) is 12.5. The van der Waals surface area contributed by atoms with Crippen LogP contribution in [0.15, 0.2) is 205 Å². The molecule has 1 aliphatic rings. The van der Waals surface area contributed by atoms with E-state index < -0.39 is 0 Å². The zero-order valence-corrected chi connectivity index (χ0v) is 29.7. The van der Waals surface area contributed by atoms with Crippen molar-refractivity contribution in [3.05, 3.63) is 217 Å². The minimum Gasteiger partial charge on any atom is -0.350 e. The molecule has 9 aromatic rings. The summed E-state index contributed by atoms with van der Waals surface area (Å²) < 4.78 is 0. The monoisotopic (exact) mass is 691 g/mol. The first-order valence-corrected chi connectivity index (χ1v) is 18.6. The van der Waals surface area contributed by atoms with Gasteiger partial charge in [-0.2, -0.15) is 0 Å². The summed E-state index contributed by atoms with van der Waals surface area (Å²) in [7, 11) is 0. The molecule has 0 amide bonds. The molecule has 0 radical (unpaired) electrons. The molecule has 0 fully saturated rings. The second-order valence-corrected chi connectivity index (χ2v) is 13.9. The number of fused-ring (bicyclic) bond motifs is 6. The van der Waals surface area contributed by atoms with Crippen molar-refractivity contribution >= 4 is 38.2 Å². The number of nitrogens with zero attached hydrogens (tertiary/aromatic N) is 1. The van der Waals surface area contributed by atoms with E-state index >= 15 is 0 Å². The molecule has 0 saturated carbocycles. The molecule has 2 N–H and O–H groups in total. The van der Waals surface area contributed by atoms with Gasteiger partial charge in [-0.3, -0.25) is 5.32 Å². The smallest absolute Gasteiger partial charge is 0.131 e. The minimum absolute atomic E-state index is 0.189. The van der Waals surface area contributed by atoms with E-state index in [4.69, 9.17) is 4.99 Å². The summed E-state index contributed by atoms with van der Waals surface area (Å²) in [5, 5.41) is 15.3. The van der Waals surface area contributed by atoms with Crippen LogP contribution in [0.4, 0.5) is 0 Å². The van der Waals surface area contributed by atoms with Gasteiger partial charge in [0.15, 0.2) is 0 Å². The van der Waals surface area contributed by atoms with Gasteiger partial charge in [-0.1, -0.05) is 194 Å². The molecule has 3 nitrogen and oxygen atoms in total. The average Bonchev–Trinajstić information content (AvgIpc) is 3.27. The van der Waals surface area contributed by atoms with Crippen LogP contribution in [0.5, 0.6) is 0 Å². The fraction of sp³-hybridized carbons (Fsp3) is 0.0392. The molecule has 0 aromatic heterocycles. The lowest BCUT2D eigenvalue weighted by Gasteiger charge is -2.33. The molecule has 0 aliphatic carbocycles. The topological polar surface area (TPSA) is 36.4 Å². The van der Waals surface area contributed by atoms with Crippen molar-refractivity contribution in [2.24, 2.45) is 4.99 Å². The molecule has 1 aliphatic heterocycles. The fourth-order valence-corrected chi connectivity index (χ4v) is 8.26. The predicted molar refractivity (Wildman–Crippen MR) is 226 cm³/mol. The van der Waals surface area contributed by atoms with Crippen LogP contribution < -0.4 is 10.6 Å². The Kier molecular flexibility index (Phi) is 8.05. The number of benzene rings is 9. The third-order valence-corrected chi connectivity index (χ3v) is 10.8. The van der Waals surface area contributed by atoms with E-state index in [0.29, 0.717) is 0 Å². The lowest BCUT2D eigenvalue weighted by Crippen LogP contribution is -2.45. The highest BCUT2D eigenvalue weighted by atomic mass is 15.3. The maximum absolute atomic E-state index is 5.16. The molecular formula is C51H37N3. The molecule has 2 atom stereocenters. The van der Waals surface area contributed by atoms with Crippen LogP contribution in [0.1, 0.15) is 29.0 Å². The van der Waals surface area contributed by atoms with Crippen molar-refractivity contribution in [2.45, 2.75) is 12.3 Å².